The van der Waals surface area contributed by atoms with Crippen LogP contribution in [0.15, 0.2) is 53.2 Å². The molecule has 0 saturated heterocycles. The minimum atomic E-state index is 0.555. The summed E-state index contributed by atoms with van der Waals surface area (Å²) in [5, 5.41) is 8.59. The Balaban J connectivity index is 1.30. The molecule has 4 aromatic rings. The number of pyridine rings is 1. The number of aryl methyl sites for hydroxylation is 2. The molecule has 0 spiro atoms. The van der Waals surface area contributed by atoms with Crippen LogP contribution >= 0.6 is 0 Å². The van der Waals surface area contributed by atoms with E-state index in [2.05, 4.69) is 49.4 Å². The number of nitrogens with zero attached hydrogens (tertiary/aromatic N) is 6. The predicted molar refractivity (Wildman–Crippen MR) is 104 cm³/mol. The molecule has 7 nitrogen and oxygen atoms in total. The Kier molecular flexibility index (Phi) is 4.02. The van der Waals surface area contributed by atoms with Gasteiger partial charge in [-0.25, -0.2) is 9.67 Å². The molecule has 1 aliphatic rings. The average molecular weight is 372 g/mol. The summed E-state index contributed by atoms with van der Waals surface area (Å²) < 4.78 is 7.29. The standard InChI is InChI=1S/C21H20N6O/c1-14-9-15(2)27(24-14)19-8-7-16(10-22-19)21-23-20(28-25-21)13-26-11-17-5-3-4-6-18(17)12-26/h3-10H,11-13H2,1-2H3. The van der Waals surface area contributed by atoms with Crippen molar-refractivity contribution in [3.05, 3.63) is 77.1 Å². The van der Waals surface area contributed by atoms with Gasteiger partial charge in [-0.2, -0.15) is 10.1 Å². The first-order valence-electron chi connectivity index (χ1n) is 9.27. The first-order valence-corrected chi connectivity index (χ1v) is 9.27. The highest BCUT2D eigenvalue weighted by Gasteiger charge is 2.21. The molecule has 3 aromatic heterocycles. The van der Waals surface area contributed by atoms with Crippen LogP contribution in [-0.4, -0.2) is 29.8 Å². The monoisotopic (exact) mass is 372 g/mol. The van der Waals surface area contributed by atoms with E-state index in [9.17, 15) is 0 Å². The summed E-state index contributed by atoms with van der Waals surface area (Å²) in [6.45, 7) is 6.44. The smallest absolute Gasteiger partial charge is 0.241 e. The highest BCUT2D eigenvalue weighted by Crippen LogP contribution is 2.24. The Morgan fingerprint density at radius 3 is 2.46 bits per heavy atom. The summed E-state index contributed by atoms with van der Waals surface area (Å²) in [5.41, 5.74) is 5.57. The molecule has 0 radical (unpaired) electrons. The highest BCUT2D eigenvalue weighted by atomic mass is 16.5. The normalized spacial score (nSPS) is 13.8. The van der Waals surface area contributed by atoms with Gasteiger partial charge in [-0.1, -0.05) is 29.4 Å². The Morgan fingerprint density at radius 1 is 1.04 bits per heavy atom. The fourth-order valence-corrected chi connectivity index (χ4v) is 3.65. The second-order valence-corrected chi connectivity index (χ2v) is 7.17. The molecule has 0 fully saturated rings. The lowest BCUT2D eigenvalue weighted by atomic mass is 10.1. The van der Waals surface area contributed by atoms with E-state index in [1.807, 2.05) is 36.7 Å². The minimum Gasteiger partial charge on any atom is -0.338 e. The summed E-state index contributed by atoms with van der Waals surface area (Å²) in [6.07, 6.45) is 1.76. The Labute approximate surface area is 162 Å². The maximum atomic E-state index is 5.47. The molecule has 28 heavy (non-hydrogen) atoms. The third kappa shape index (κ3) is 3.10. The topological polar surface area (TPSA) is 72.9 Å². The average Bonchev–Trinajstić information content (AvgIpc) is 3.40. The van der Waals surface area contributed by atoms with E-state index >= 15 is 0 Å². The van der Waals surface area contributed by atoms with E-state index in [1.54, 1.807) is 6.20 Å². The molecule has 0 saturated carbocycles. The maximum absolute atomic E-state index is 5.47. The van der Waals surface area contributed by atoms with Gasteiger partial charge in [0.15, 0.2) is 5.82 Å². The van der Waals surface area contributed by atoms with Crippen LogP contribution in [0.25, 0.3) is 17.2 Å². The SMILES string of the molecule is Cc1cc(C)n(-c2ccc(-c3noc(CN4Cc5ccccc5C4)n3)cn2)n1. The number of benzene rings is 1. The van der Waals surface area contributed by atoms with Crippen LogP contribution in [0.3, 0.4) is 0 Å². The van der Waals surface area contributed by atoms with E-state index in [1.165, 1.54) is 11.1 Å². The first kappa shape index (κ1) is 16.8. The molecular weight excluding hydrogens is 352 g/mol. The quantitative estimate of drug-likeness (QED) is 0.546. The van der Waals surface area contributed by atoms with Gasteiger partial charge < -0.3 is 4.52 Å². The van der Waals surface area contributed by atoms with Crippen molar-refractivity contribution < 1.29 is 4.52 Å². The van der Waals surface area contributed by atoms with E-state index in [-0.39, 0.29) is 0 Å². The van der Waals surface area contributed by atoms with Crippen molar-refractivity contribution in [2.45, 2.75) is 33.5 Å². The summed E-state index contributed by atoms with van der Waals surface area (Å²) in [4.78, 5) is 11.4. The number of hydrogen-bond donors (Lipinski definition) is 0. The lowest BCUT2D eigenvalue weighted by molar-refractivity contribution is 0.231. The van der Waals surface area contributed by atoms with Crippen LogP contribution in [0.1, 0.15) is 28.4 Å². The largest absolute Gasteiger partial charge is 0.338 e. The summed E-state index contributed by atoms with van der Waals surface area (Å²) in [5.74, 6) is 1.94. The molecule has 5 rings (SSSR count). The Morgan fingerprint density at radius 2 is 1.82 bits per heavy atom. The lowest BCUT2D eigenvalue weighted by Crippen LogP contribution is -2.15. The first-order chi connectivity index (χ1) is 13.7. The van der Waals surface area contributed by atoms with Gasteiger partial charge in [0.2, 0.25) is 11.7 Å². The van der Waals surface area contributed by atoms with Crippen LogP contribution in [0, 0.1) is 13.8 Å². The molecule has 140 valence electrons. The highest BCUT2D eigenvalue weighted by molar-refractivity contribution is 5.53. The molecule has 0 atom stereocenters. The van der Waals surface area contributed by atoms with Gasteiger partial charge in [-0.05, 0) is 43.2 Å². The fraction of sp³-hybridized carbons (Fsp3) is 0.238. The molecule has 0 amide bonds. The molecule has 0 bridgehead atoms. The lowest BCUT2D eigenvalue weighted by Gasteiger charge is -2.10. The van der Waals surface area contributed by atoms with Crippen molar-refractivity contribution in [2.75, 3.05) is 0 Å². The zero-order valence-electron chi connectivity index (χ0n) is 15.8. The Hall–Kier alpha value is -3.32. The van der Waals surface area contributed by atoms with Crippen LogP contribution in [-0.2, 0) is 19.6 Å². The van der Waals surface area contributed by atoms with Gasteiger partial charge in [-0.15, -0.1) is 0 Å². The summed E-state index contributed by atoms with van der Waals surface area (Å²) in [6, 6.07) is 14.4. The van der Waals surface area contributed by atoms with Crippen molar-refractivity contribution in [1.29, 1.82) is 0 Å². The van der Waals surface area contributed by atoms with Crippen molar-refractivity contribution in [3.63, 3.8) is 0 Å². The molecule has 1 aliphatic heterocycles. The number of hydrogen-bond acceptors (Lipinski definition) is 6. The van der Waals surface area contributed by atoms with Crippen LogP contribution < -0.4 is 0 Å². The maximum Gasteiger partial charge on any atom is 0.241 e. The van der Waals surface area contributed by atoms with E-state index < -0.39 is 0 Å². The third-order valence-electron chi connectivity index (χ3n) is 4.97. The predicted octanol–water partition coefficient (Wildman–Crippen LogP) is 3.45. The summed E-state index contributed by atoms with van der Waals surface area (Å²) >= 11 is 0. The van der Waals surface area contributed by atoms with Crippen molar-refractivity contribution in [2.24, 2.45) is 0 Å². The zero-order chi connectivity index (χ0) is 19.1. The molecule has 0 N–H and O–H groups in total. The van der Waals surface area contributed by atoms with Gasteiger partial charge >= 0.3 is 0 Å². The molecule has 0 aliphatic carbocycles. The Bertz CT molecular complexity index is 1100. The number of aromatic nitrogens is 5. The molecule has 1 aromatic carbocycles. The molecule has 7 heteroatoms. The second-order valence-electron chi connectivity index (χ2n) is 7.17. The van der Waals surface area contributed by atoms with Crippen LogP contribution in [0.5, 0.6) is 0 Å². The van der Waals surface area contributed by atoms with Crippen LogP contribution in [0.2, 0.25) is 0 Å². The van der Waals surface area contributed by atoms with Gasteiger partial charge in [0.1, 0.15) is 0 Å². The van der Waals surface area contributed by atoms with E-state index in [0.717, 1.165) is 35.9 Å². The fourth-order valence-electron chi connectivity index (χ4n) is 3.65. The molecule has 0 unspecified atom stereocenters. The number of rotatable bonds is 4. The minimum absolute atomic E-state index is 0.555. The van der Waals surface area contributed by atoms with E-state index in [4.69, 9.17) is 4.52 Å². The number of fused-ring (bicyclic) bond motifs is 1. The zero-order valence-corrected chi connectivity index (χ0v) is 15.8. The molecule has 4 heterocycles. The van der Waals surface area contributed by atoms with Crippen molar-refractivity contribution in [1.82, 2.24) is 29.8 Å². The summed E-state index contributed by atoms with van der Waals surface area (Å²) in [7, 11) is 0. The van der Waals surface area contributed by atoms with Gasteiger partial charge in [0.25, 0.3) is 0 Å². The van der Waals surface area contributed by atoms with E-state index in [0.29, 0.717) is 18.3 Å². The van der Waals surface area contributed by atoms with Crippen molar-refractivity contribution >= 4 is 0 Å². The van der Waals surface area contributed by atoms with Gasteiger partial charge in [-0.3, -0.25) is 4.90 Å². The molecular formula is C21H20N6O. The second kappa shape index (κ2) is 6.69. The van der Waals surface area contributed by atoms with Crippen LogP contribution in [0.4, 0.5) is 0 Å². The van der Waals surface area contributed by atoms with Gasteiger partial charge in [0.05, 0.1) is 12.2 Å². The van der Waals surface area contributed by atoms with Crippen molar-refractivity contribution in [3.8, 4) is 17.2 Å². The van der Waals surface area contributed by atoms with Gasteiger partial charge in [0, 0.05) is 30.5 Å². The third-order valence-corrected chi connectivity index (χ3v) is 4.97.